The second-order valence-corrected chi connectivity index (χ2v) is 3.33. The lowest BCUT2D eigenvalue weighted by Gasteiger charge is -2.14. The molecule has 1 aliphatic heterocycles. The van der Waals surface area contributed by atoms with Crippen LogP contribution < -0.4 is 0 Å². The number of rotatable bonds is 0. The molecular formula is C12H12N2. The quantitative estimate of drug-likeness (QED) is 0.615. The topological polar surface area (TPSA) is 27.1 Å². The summed E-state index contributed by atoms with van der Waals surface area (Å²) in [5.74, 6) is 0. The standard InChI is InChI=1S/C12H12N2/c1-14-8-6-11(7-9-14)10-2-4-12(13)5-3-10/h2-9,13H,1H3. The number of nitrogens with zero attached hydrogens (tertiary/aromatic N) is 1. The summed E-state index contributed by atoms with van der Waals surface area (Å²) in [4.78, 5) is 2.00. The molecule has 70 valence electrons. The van der Waals surface area contributed by atoms with Crippen LogP contribution in [0.4, 0.5) is 0 Å². The highest BCUT2D eigenvalue weighted by molar-refractivity contribution is 6.03. The van der Waals surface area contributed by atoms with E-state index in [-0.39, 0.29) is 0 Å². The fourth-order valence-corrected chi connectivity index (χ4v) is 1.36. The molecule has 1 heterocycles. The van der Waals surface area contributed by atoms with Crippen LogP contribution in [0.15, 0.2) is 60.0 Å². The summed E-state index contributed by atoms with van der Waals surface area (Å²) in [6, 6.07) is 0. The Morgan fingerprint density at radius 2 is 1.36 bits per heavy atom. The van der Waals surface area contributed by atoms with Crippen molar-refractivity contribution in [1.82, 2.24) is 4.90 Å². The summed E-state index contributed by atoms with van der Waals surface area (Å²) >= 11 is 0. The molecule has 1 N–H and O–H groups in total. The molecule has 0 atom stereocenters. The van der Waals surface area contributed by atoms with Crippen molar-refractivity contribution >= 4 is 5.71 Å². The highest BCUT2D eigenvalue weighted by Crippen LogP contribution is 2.17. The average molecular weight is 184 g/mol. The van der Waals surface area contributed by atoms with Gasteiger partial charge in [-0.05, 0) is 35.5 Å². The third-order valence-corrected chi connectivity index (χ3v) is 2.20. The van der Waals surface area contributed by atoms with Crippen molar-refractivity contribution in [2.24, 2.45) is 0 Å². The fourth-order valence-electron chi connectivity index (χ4n) is 1.36. The largest absolute Gasteiger partial charge is 0.357 e. The van der Waals surface area contributed by atoms with E-state index in [9.17, 15) is 0 Å². The van der Waals surface area contributed by atoms with Gasteiger partial charge in [-0.3, -0.25) is 0 Å². The molecule has 0 amide bonds. The maximum atomic E-state index is 7.38. The molecule has 0 radical (unpaired) electrons. The molecule has 1 aliphatic carbocycles. The fraction of sp³-hybridized carbons (Fsp3) is 0.0833. The van der Waals surface area contributed by atoms with E-state index in [1.807, 2.05) is 48.7 Å². The van der Waals surface area contributed by atoms with E-state index in [0.717, 1.165) is 5.57 Å². The Morgan fingerprint density at radius 3 is 1.93 bits per heavy atom. The maximum Gasteiger partial charge on any atom is 0.0540 e. The van der Waals surface area contributed by atoms with E-state index < -0.39 is 0 Å². The Labute approximate surface area is 83.7 Å². The van der Waals surface area contributed by atoms with Crippen LogP contribution in [0.1, 0.15) is 0 Å². The maximum absolute atomic E-state index is 7.38. The molecule has 0 saturated carbocycles. The smallest absolute Gasteiger partial charge is 0.0540 e. The van der Waals surface area contributed by atoms with Gasteiger partial charge in [0.1, 0.15) is 0 Å². The Kier molecular flexibility index (Phi) is 2.19. The van der Waals surface area contributed by atoms with Gasteiger partial charge in [-0.25, -0.2) is 0 Å². The Bertz CT molecular complexity index is 372. The normalized spacial score (nSPS) is 19.8. The van der Waals surface area contributed by atoms with Crippen molar-refractivity contribution in [3.05, 3.63) is 60.0 Å². The van der Waals surface area contributed by atoms with Crippen molar-refractivity contribution in [3.63, 3.8) is 0 Å². The monoisotopic (exact) mass is 184 g/mol. The van der Waals surface area contributed by atoms with Gasteiger partial charge in [0.15, 0.2) is 0 Å². The molecule has 2 aliphatic rings. The second-order valence-electron chi connectivity index (χ2n) is 3.33. The number of hydrogen-bond donors (Lipinski definition) is 1. The number of hydrogen-bond acceptors (Lipinski definition) is 2. The minimum atomic E-state index is 0.551. The summed E-state index contributed by atoms with van der Waals surface area (Å²) in [6.45, 7) is 0. The minimum absolute atomic E-state index is 0.551. The first-order chi connectivity index (χ1) is 6.75. The SMILES string of the molecule is CN1C=CC(=C2C=CC(=N)C=C2)C=C1. The molecule has 0 spiro atoms. The first-order valence-corrected chi connectivity index (χ1v) is 4.53. The highest BCUT2D eigenvalue weighted by atomic mass is 15.0. The Balaban J connectivity index is 2.30. The molecule has 2 rings (SSSR count). The minimum Gasteiger partial charge on any atom is -0.357 e. The van der Waals surface area contributed by atoms with Gasteiger partial charge < -0.3 is 10.3 Å². The predicted molar refractivity (Wildman–Crippen MR) is 59.1 cm³/mol. The van der Waals surface area contributed by atoms with Crippen molar-refractivity contribution in [1.29, 1.82) is 5.41 Å². The summed E-state index contributed by atoms with van der Waals surface area (Å²) in [6.07, 6.45) is 15.7. The molecule has 2 nitrogen and oxygen atoms in total. The molecule has 2 heteroatoms. The van der Waals surface area contributed by atoms with Crippen LogP contribution in [0.2, 0.25) is 0 Å². The molecular weight excluding hydrogens is 172 g/mol. The van der Waals surface area contributed by atoms with E-state index in [2.05, 4.69) is 12.2 Å². The van der Waals surface area contributed by atoms with Crippen LogP contribution in [0.5, 0.6) is 0 Å². The predicted octanol–water partition coefficient (Wildman–Crippen LogP) is 2.40. The Morgan fingerprint density at radius 1 is 0.857 bits per heavy atom. The van der Waals surface area contributed by atoms with Crippen LogP contribution in [-0.2, 0) is 0 Å². The van der Waals surface area contributed by atoms with Gasteiger partial charge in [0, 0.05) is 19.4 Å². The molecule has 0 aromatic rings. The first-order valence-electron chi connectivity index (χ1n) is 4.53. The summed E-state index contributed by atoms with van der Waals surface area (Å²) in [5, 5.41) is 7.38. The van der Waals surface area contributed by atoms with E-state index in [1.165, 1.54) is 5.57 Å². The molecule has 0 aromatic carbocycles. The zero-order valence-electron chi connectivity index (χ0n) is 8.07. The van der Waals surface area contributed by atoms with Crippen LogP contribution in [0.3, 0.4) is 0 Å². The summed E-state index contributed by atoms with van der Waals surface area (Å²) in [7, 11) is 2.00. The molecule has 14 heavy (non-hydrogen) atoms. The summed E-state index contributed by atoms with van der Waals surface area (Å²) < 4.78 is 0. The number of allylic oxidation sites excluding steroid dienone is 8. The van der Waals surface area contributed by atoms with E-state index in [0.29, 0.717) is 5.71 Å². The summed E-state index contributed by atoms with van der Waals surface area (Å²) in [5.41, 5.74) is 2.89. The molecule has 0 unspecified atom stereocenters. The van der Waals surface area contributed by atoms with Crippen LogP contribution >= 0.6 is 0 Å². The molecule has 0 saturated heterocycles. The van der Waals surface area contributed by atoms with Crippen LogP contribution in [0.25, 0.3) is 0 Å². The lowest BCUT2D eigenvalue weighted by Crippen LogP contribution is -2.04. The molecule has 0 fully saturated rings. The van der Waals surface area contributed by atoms with Gasteiger partial charge in [0.2, 0.25) is 0 Å². The van der Waals surface area contributed by atoms with Crippen molar-refractivity contribution in [2.75, 3.05) is 7.05 Å². The van der Waals surface area contributed by atoms with Crippen LogP contribution in [-0.4, -0.2) is 17.7 Å². The van der Waals surface area contributed by atoms with Crippen molar-refractivity contribution in [2.45, 2.75) is 0 Å². The van der Waals surface area contributed by atoms with E-state index in [1.54, 1.807) is 0 Å². The van der Waals surface area contributed by atoms with Crippen molar-refractivity contribution < 1.29 is 0 Å². The zero-order valence-corrected chi connectivity index (χ0v) is 8.07. The van der Waals surface area contributed by atoms with Gasteiger partial charge in [0.25, 0.3) is 0 Å². The molecule has 0 bridgehead atoms. The third kappa shape index (κ3) is 1.74. The van der Waals surface area contributed by atoms with Gasteiger partial charge in [0.05, 0.1) is 5.71 Å². The van der Waals surface area contributed by atoms with Crippen LogP contribution in [0, 0.1) is 5.41 Å². The molecule has 0 aromatic heterocycles. The highest BCUT2D eigenvalue weighted by Gasteiger charge is 2.02. The third-order valence-electron chi connectivity index (χ3n) is 2.20. The van der Waals surface area contributed by atoms with E-state index in [4.69, 9.17) is 5.41 Å². The van der Waals surface area contributed by atoms with Crippen molar-refractivity contribution in [3.8, 4) is 0 Å². The van der Waals surface area contributed by atoms with Gasteiger partial charge in [-0.2, -0.15) is 0 Å². The average Bonchev–Trinajstić information content (AvgIpc) is 2.21. The zero-order chi connectivity index (χ0) is 9.97. The Hall–Kier alpha value is -1.83. The van der Waals surface area contributed by atoms with Gasteiger partial charge in [-0.1, -0.05) is 12.2 Å². The number of nitrogens with one attached hydrogen (secondary N) is 1. The van der Waals surface area contributed by atoms with E-state index >= 15 is 0 Å². The second kappa shape index (κ2) is 3.50. The lowest BCUT2D eigenvalue weighted by molar-refractivity contribution is 0.620. The van der Waals surface area contributed by atoms with Gasteiger partial charge in [-0.15, -0.1) is 0 Å². The first kappa shape index (κ1) is 8.75. The van der Waals surface area contributed by atoms with Gasteiger partial charge >= 0.3 is 0 Å². The lowest BCUT2D eigenvalue weighted by atomic mass is 10.0.